The predicted molar refractivity (Wildman–Crippen MR) is 136 cm³/mol. The van der Waals surface area contributed by atoms with Gasteiger partial charge in [0.05, 0.1) is 35.7 Å². The van der Waals surface area contributed by atoms with Gasteiger partial charge in [0.25, 0.3) is 5.91 Å². The molecule has 36 heavy (non-hydrogen) atoms. The molecule has 11 heteroatoms. The lowest BCUT2D eigenvalue weighted by atomic mass is 9.99. The number of carboxylic acid groups (broad SMARTS) is 1. The molecule has 0 spiro atoms. The normalized spacial score (nSPS) is 19.2. The molecule has 1 aliphatic rings. The topological polar surface area (TPSA) is 136 Å². The molecule has 1 amide bonds. The number of nitrogens with one attached hydrogen (secondary N) is 1. The second kappa shape index (κ2) is 11.3. The summed E-state index contributed by atoms with van der Waals surface area (Å²) in [6, 6.07) is 10.9. The average Bonchev–Trinajstić information content (AvgIpc) is 2.80. The van der Waals surface area contributed by atoms with Crippen molar-refractivity contribution in [1.29, 1.82) is 0 Å². The Bertz CT molecular complexity index is 1200. The number of ether oxygens (including phenoxy) is 1. The maximum atomic E-state index is 13.4. The van der Waals surface area contributed by atoms with E-state index in [0.717, 1.165) is 11.8 Å². The number of aliphatic hydroxyl groups is 1. The third-order valence-corrected chi connectivity index (χ3v) is 6.72. The van der Waals surface area contributed by atoms with E-state index in [2.05, 4.69) is 4.72 Å². The Morgan fingerprint density at radius 1 is 1.25 bits per heavy atom. The zero-order valence-corrected chi connectivity index (χ0v) is 21.7. The van der Waals surface area contributed by atoms with Crippen molar-refractivity contribution in [1.82, 2.24) is 9.80 Å². The largest absolute Gasteiger partial charge is 0.486 e. The number of benzene rings is 2. The van der Waals surface area contributed by atoms with Crippen LogP contribution in [-0.2, 0) is 16.6 Å². The summed E-state index contributed by atoms with van der Waals surface area (Å²) in [7, 11) is -1.73. The first-order valence-electron chi connectivity index (χ1n) is 11.6. The molecular weight excluding hydrogens is 486 g/mol. The molecule has 0 aliphatic carbocycles. The van der Waals surface area contributed by atoms with Crippen molar-refractivity contribution < 1.29 is 33.0 Å². The molecule has 10 nitrogen and oxygen atoms in total. The fourth-order valence-electron chi connectivity index (χ4n) is 4.18. The molecule has 3 rings (SSSR count). The Balaban J connectivity index is 1.93. The number of anilines is 1. The van der Waals surface area contributed by atoms with Crippen molar-refractivity contribution in [3.05, 3.63) is 59.2 Å². The van der Waals surface area contributed by atoms with Crippen LogP contribution in [0.5, 0.6) is 5.75 Å². The molecule has 0 fully saturated rings. The van der Waals surface area contributed by atoms with Crippen molar-refractivity contribution in [2.75, 3.05) is 37.7 Å². The van der Waals surface area contributed by atoms with Crippen molar-refractivity contribution in [3.63, 3.8) is 0 Å². The van der Waals surface area contributed by atoms with Gasteiger partial charge in [-0.1, -0.05) is 25.1 Å². The number of fused-ring (bicyclic) bond motifs is 1. The predicted octanol–water partition coefficient (Wildman–Crippen LogP) is 2.11. The van der Waals surface area contributed by atoms with Gasteiger partial charge in [0.15, 0.2) is 5.75 Å². The molecule has 3 N–H and O–H groups in total. The van der Waals surface area contributed by atoms with E-state index in [9.17, 15) is 23.1 Å². The van der Waals surface area contributed by atoms with Crippen molar-refractivity contribution in [2.45, 2.75) is 32.5 Å². The van der Waals surface area contributed by atoms with E-state index in [4.69, 9.17) is 9.84 Å². The highest BCUT2D eigenvalue weighted by Gasteiger charge is 2.34. The van der Waals surface area contributed by atoms with Gasteiger partial charge >= 0.3 is 5.97 Å². The standard InChI is InChI=1S/C25H33N3O7S/c1-16-12-28(17(2)15-29)24(30)20-6-5-7-21(26-36(4,33)34)23(20)35-22(16)14-27(3)13-18-8-10-19(11-9-18)25(31)32/h5-11,16-17,22,26,29H,12-15H2,1-4H3,(H,31,32)/t16-,17-,22+/m1/s1. The van der Waals surface area contributed by atoms with Gasteiger partial charge in [-0.3, -0.25) is 14.4 Å². The number of rotatable bonds is 9. The summed E-state index contributed by atoms with van der Waals surface area (Å²) in [5, 5.41) is 18.9. The number of hydrogen-bond donors (Lipinski definition) is 3. The van der Waals surface area contributed by atoms with E-state index in [0.29, 0.717) is 19.6 Å². The van der Waals surface area contributed by atoms with Crippen molar-refractivity contribution in [3.8, 4) is 5.75 Å². The summed E-state index contributed by atoms with van der Waals surface area (Å²) in [6.45, 7) is 4.81. The molecule has 0 aromatic heterocycles. The zero-order chi connectivity index (χ0) is 26.6. The third kappa shape index (κ3) is 6.74. The minimum absolute atomic E-state index is 0.152. The fourth-order valence-corrected chi connectivity index (χ4v) is 4.74. The van der Waals surface area contributed by atoms with Crippen LogP contribution in [0.2, 0.25) is 0 Å². The summed E-state index contributed by atoms with van der Waals surface area (Å²) in [5.74, 6) is -1.33. The van der Waals surface area contributed by atoms with Crippen molar-refractivity contribution >= 4 is 27.6 Å². The smallest absolute Gasteiger partial charge is 0.335 e. The van der Waals surface area contributed by atoms with E-state index < -0.39 is 28.1 Å². The molecule has 0 saturated heterocycles. The van der Waals surface area contributed by atoms with Crippen LogP contribution < -0.4 is 9.46 Å². The SMILES string of the molecule is C[C@@H]1CN([C@H](C)CO)C(=O)c2cccc(NS(C)(=O)=O)c2O[C@H]1CN(C)Cc1ccc(C(=O)O)cc1. The molecule has 1 heterocycles. The van der Waals surface area contributed by atoms with E-state index in [1.165, 1.54) is 0 Å². The quantitative estimate of drug-likeness (QED) is 0.458. The fraction of sp³-hybridized carbons (Fsp3) is 0.440. The van der Waals surface area contributed by atoms with Gasteiger partial charge in [-0.15, -0.1) is 0 Å². The molecular formula is C25H33N3O7S. The van der Waals surface area contributed by atoms with Crippen LogP contribution in [0.15, 0.2) is 42.5 Å². The molecule has 1 aliphatic heterocycles. The van der Waals surface area contributed by atoms with Gasteiger partial charge in [-0.2, -0.15) is 0 Å². The van der Waals surface area contributed by atoms with Gasteiger partial charge in [-0.05, 0) is 43.8 Å². The molecule has 2 aromatic rings. The lowest BCUT2D eigenvalue weighted by Gasteiger charge is -2.38. The number of hydrogen-bond acceptors (Lipinski definition) is 7. The summed E-state index contributed by atoms with van der Waals surface area (Å²) in [5.41, 5.74) is 1.52. The monoisotopic (exact) mass is 519 g/mol. The van der Waals surface area contributed by atoms with Gasteiger partial charge in [0.1, 0.15) is 6.10 Å². The van der Waals surface area contributed by atoms with Gasteiger partial charge in [0.2, 0.25) is 10.0 Å². The number of aliphatic hydroxyl groups excluding tert-OH is 1. The summed E-state index contributed by atoms with van der Waals surface area (Å²) in [6.07, 6.45) is 0.608. The van der Waals surface area contributed by atoms with Crippen LogP contribution in [0.25, 0.3) is 0 Å². The number of carbonyl (C=O) groups excluding carboxylic acids is 1. The number of carboxylic acids is 1. The van der Waals surface area contributed by atoms with E-state index >= 15 is 0 Å². The molecule has 0 unspecified atom stereocenters. The Labute approximate surface area is 211 Å². The lowest BCUT2D eigenvalue weighted by Crippen LogP contribution is -2.49. The number of aromatic carboxylic acids is 1. The van der Waals surface area contributed by atoms with Crippen LogP contribution in [-0.4, -0.2) is 85.5 Å². The Kier molecular flexibility index (Phi) is 8.59. The molecule has 0 radical (unpaired) electrons. The Morgan fingerprint density at radius 2 is 1.92 bits per heavy atom. The highest BCUT2D eigenvalue weighted by Crippen LogP contribution is 2.35. The average molecular weight is 520 g/mol. The highest BCUT2D eigenvalue weighted by molar-refractivity contribution is 7.92. The van der Waals surface area contributed by atoms with Gasteiger partial charge in [0, 0.05) is 25.6 Å². The summed E-state index contributed by atoms with van der Waals surface area (Å²) >= 11 is 0. The Hall–Kier alpha value is -3.15. The number of sulfonamides is 1. The Morgan fingerprint density at radius 3 is 2.50 bits per heavy atom. The first-order chi connectivity index (χ1) is 16.9. The minimum Gasteiger partial charge on any atom is -0.486 e. The van der Waals surface area contributed by atoms with Crippen molar-refractivity contribution in [2.24, 2.45) is 5.92 Å². The van der Waals surface area contributed by atoms with Crippen LogP contribution in [0.3, 0.4) is 0 Å². The van der Waals surface area contributed by atoms with Crippen LogP contribution in [0.4, 0.5) is 5.69 Å². The van der Waals surface area contributed by atoms with Crippen LogP contribution in [0.1, 0.15) is 40.1 Å². The van der Waals surface area contributed by atoms with Crippen LogP contribution in [0, 0.1) is 5.92 Å². The number of carbonyl (C=O) groups is 2. The maximum absolute atomic E-state index is 13.4. The number of nitrogens with zero attached hydrogens (tertiary/aromatic N) is 2. The summed E-state index contributed by atoms with van der Waals surface area (Å²) < 4.78 is 32.8. The summed E-state index contributed by atoms with van der Waals surface area (Å²) in [4.78, 5) is 28.1. The number of para-hydroxylation sites is 1. The highest BCUT2D eigenvalue weighted by atomic mass is 32.2. The number of amides is 1. The molecule has 2 aromatic carbocycles. The van der Waals surface area contributed by atoms with Gasteiger partial charge in [-0.25, -0.2) is 13.2 Å². The second-order valence-electron chi connectivity index (χ2n) is 9.38. The molecule has 0 saturated carbocycles. The van der Waals surface area contributed by atoms with E-state index in [-0.39, 0.29) is 41.0 Å². The maximum Gasteiger partial charge on any atom is 0.335 e. The first-order valence-corrected chi connectivity index (χ1v) is 13.5. The van der Waals surface area contributed by atoms with Gasteiger partial charge < -0.3 is 19.8 Å². The van der Waals surface area contributed by atoms with E-state index in [1.54, 1.807) is 54.3 Å². The van der Waals surface area contributed by atoms with E-state index in [1.807, 2.05) is 18.9 Å². The molecule has 196 valence electrons. The number of likely N-dealkylation sites (N-methyl/N-ethyl adjacent to an activating group) is 1. The lowest BCUT2D eigenvalue weighted by molar-refractivity contribution is 0.0344. The minimum atomic E-state index is -3.64. The second-order valence-corrected chi connectivity index (χ2v) is 11.1. The molecule has 3 atom stereocenters. The first kappa shape index (κ1) is 27.4. The van der Waals surface area contributed by atoms with Crippen LogP contribution >= 0.6 is 0 Å². The molecule has 0 bridgehead atoms. The zero-order valence-electron chi connectivity index (χ0n) is 20.8. The third-order valence-electron chi connectivity index (χ3n) is 6.13.